The average molecular weight is 287 g/mol. The van der Waals surface area contributed by atoms with E-state index in [0.717, 1.165) is 17.9 Å². The van der Waals surface area contributed by atoms with Gasteiger partial charge in [0.1, 0.15) is 0 Å². The average Bonchev–Trinajstić information content (AvgIpc) is 2.82. The summed E-state index contributed by atoms with van der Waals surface area (Å²) in [4.78, 5) is 4.42. The smallest absolute Gasteiger partial charge is 0.245 e. The van der Waals surface area contributed by atoms with Gasteiger partial charge in [-0.25, -0.2) is 0 Å². The minimum atomic E-state index is 0.0985. The molecule has 0 spiro atoms. The molecule has 0 saturated heterocycles. The molecule has 0 fully saturated rings. The van der Waals surface area contributed by atoms with Gasteiger partial charge in [-0.3, -0.25) is 0 Å². The van der Waals surface area contributed by atoms with E-state index in [1.165, 1.54) is 5.56 Å². The zero-order valence-electron chi connectivity index (χ0n) is 13.6. The van der Waals surface area contributed by atoms with E-state index in [1.54, 1.807) is 0 Å². The molecule has 0 aliphatic rings. The molecule has 1 N–H and O–H groups in total. The van der Waals surface area contributed by atoms with Gasteiger partial charge in [0.05, 0.1) is 6.54 Å². The zero-order chi connectivity index (χ0) is 15.5. The highest BCUT2D eigenvalue weighted by Crippen LogP contribution is 2.29. The summed E-state index contributed by atoms with van der Waals surface area (Å²) in [5, 5.41) is 7.42. The fourth-order valence-corrected chi connectivity index (χ4v) is 2.27. The van der Waals surface area contributed by atoms with Crippen molar-refractivity contribution in [1.29, 1.82) is 0 Å². The number of benzene rings is 1. The summed E-state index contributed by atoms with van der Waals surface area (Å²) in [5.74, 6) is 1.95. The second-order valence-electron chi connectivity index (χ2n) is 6.85. The van der Waals surface area contributed by atoms with Crippen LogP contribution in [-0.2, 0) is 18.4 Å². The maximum Gasteiger partial charge on any atom is 0.245 e. The molecule has 4 nitrogen and oxygen atoms in total. The Balaban J connectivity index is 2.05. The van der Waals surface area contributed by atoms with E-state index in [9.17, 15) is 0 Å². The van der Waals surface area contributed by atoms with E-state index in [2.05, 4.69) is 68.3 Å². The molecular weight excluding hydrogens is 262 g/mol. The number of aromatic nitrogens is 2. The highest BCUT2D eigenvalue weighted by Gasteiger charge is 2.17. The van der Waals surface area contributed by atoms with Crippen LogP contribution in [0.4, 0.5) is 5.69 Å². The van der Waals surface area contributed by atoms with Crippen LogP contribution >= 0.6 is 0 Å². The van der Waals surface area contributed by atoms with Crippen LogP contribution in [0.5, 0.6) is 0 Å². The largest absolute Gasteiger partial charge is 0.376 e. The van der Waals surface area contributed by atoms with Gasteiger partial charge in [0.25, 0.3) is 0 Å². The van der Waals surface area contributed by atoms with Gasteiger partial charge in [0.15, 0.2) is 5.82 Å². The molecule has 0 radical (unpaired) electrons. The van der Waals surface area contributed by atoms with Crippen LogP contribution in [0, 0.1) is 5.92 Å². The molecule has 2 rings (SSSR count). The molecule has 0 aliphatic carbocycles. The number of rotatable bonds is 5. The number of nitrogens with zero attached hydrogens (tertiary/aromatic N) is 2. The summed E-state index contributed by atoms with van der Waals surface area (Å²) in [6.07, 6.45) is 0.849. The maximum absolute atomic E-state index is 5.29. The standard InChI is InChI=1S/C17H25N3O/c1-12(2)10-15-19-16(21-20-15)11-18-14-9-7-6-8-13(14)17(3,4)5/h6-9,12,18H,10-11H2,1-5H3. The minimum Gasteiger partial charge on any atom is -0.376 e. The third-order valence-corrected chi connectivity index (χ3v) is 3.27. The van der Waals surface area contributed by atoms with E-state index in [4.69, 9.17) is 4.52 Å². The predicted octanol–water partition coefficient (Wildman–Crippen LogP) is 4.18. The molecular formula is C17H25N3O. The fraction of sp³-hybridized carbons (Fsp3) is 0.529. The van der Waals surface area contributed by atoms with Gasteiger partial charge in [-0.15, -0.1) is 0 Å². The van der Waals surface area contributed by atoms with Crippen LogP contribution in [0.3, 0.4) is 0 Å². The van der Waals surface area contributed by atoms with Crippen molar-refractivity contribution in [2.24, 2.45) is 5.92 Å². The molecule has 1 aromatic heterocycles. The Bertz CT molecular complexity index is 582. The predicted molar refractivity (Wildman–Crippen MR) is 85.3 cm³/mol. The number of para-hydroxylation sites is 1. The summed E-state index contributed by atoms with van der Waals surface area (Å²) >= 11 is 0. The van der Waals surface area contributed by atoms with Gasteiger partial charge in [0, 0.05) is 12.1 Å². The van der Waals surface area contributed by atoms with Gasteiger partial charge in [-0.2, -0.15) is 4.98 Å². The van der Waals surface area contributed by atoms with Crippen molar-refractivity contribution in [2.75, 3.05) is 5.32 Å². The molecule has 0 amide bonds. The Hall–Kier alpha value is -1.84. The van der Waals surface area contributed by atoms with Crippen molar-refractivity contribution in [3.8, 4) is 0 Å². The second-order valence-corrected chi connectivity index (χ2v) is 6.85. The van der Waals surface area contributed by atoms with Crippen molar-refractivity contribution in [3.63, 3.8) is 0 Å². The highest BCUT2D eigenvalue weighted by atomic mass is 16.5. The lowest BCUT2D eigenvalue weighted by Crippen LogP contribution is -2.14. The van der Waals surface area contributed by atoms with Gasteiger partial charge >= 0.3 is 0 Å². The Kier molecular flexibility index (Phi) is 4.66. The fourth-order valence-electron chi connectivity index (χ4n) is 2.27. The van der Waals surface area contributed by atoms with Crippen LogP contribution in [0.25, 0.3) is 0 Å². The van der Waals surface area contributed by atoms with Crippen LogP contribution in [-0.4, -0.2) is 10.1 Å². The number of hydrogen-bond donors (Lipinski definition) is 1. The molecule has 1 heterocycles. The molecule has 21 heavy (non-hydrogen) atoms. The summed E-state index contributed by atoms with van der Waals surface area (Å²) < 4.78 is 5.29. The Morgan fingerprint density at radius 3 is 2.57 bits per heavy atom. The van der Waals surface area contributed by atoms with E-state index in [0.29, 0.717) is 18.4 Å². The van der Waals surface area contributed by atoms with Crippen LogP contribution < -0.4 is 5.32 Å². The lowest BCUT2D eigenvalue weighted by Gasteiger charge is -2.23. The molecule has 0 aliphatic heterocycles. The lowest BCUT2D eigenvalue weighted by atomic mass is 9.86. The Morgan fingerprint density at radius 1 is 1.19 bits per heavy atom. The van der Waals surface area contributed by atoms with Gasteiger partial charge in [-0.05, 0) is 23.0 Å². The normalized spacial score (nSPS) is 11.9. The Morgan fingerprint density at radius 2 is 1.90 bits per heavy atom. The molecule has 0 saturated carbocycles. The van der Waals surface area contributed by atoms with Crippen molar-refractivity contribution < 1.29 is 4.52 Å². The molecule has 2 aromatic rings. The molecule has 0 bridgehead atoms. The van der Waals surface area contributed by atoms with Crippen LogP contribution in [0.2, 0.25) is 0 Å². The van der Waals surface area contributed by atoms with Crippen molar-refractivity contribution >= 4 is 5.69 Å². The van der Waals surface area contributed by atoms with E-state index < -0.39 is 0 Å². The third-order valence-electron chi connectivity index (χ3n) is 3.27. The van der Waals surface area contributed by atoms with Gasteiger partial charge < -0.3 is 9.84 Å². The molecule has 114 valence electrons. The summed E-state index contributed by atoms with van der Waals surface area (Å²) in [7, 11) is 0. The van der Waals surface area contributed by atoms with Gasteiger partial charge in [-0.1, -0.05) is 58.0 Å². The van der Waals surface area contributed by atoms with E-state index in [1.807, 2.05) is 6.07 Å². The van der Waals surface area contributed by atoms with Crippen molar-refractivity contribution in [3.05, 3.63) is 41.5 Å². The first-order valence-electron chi connectivity index (χ1n) is 7.51. The summed E-state index contributed by atoms with van der Waals surface area (Å²) in [6.45, 7) is 11.5. The monoisotopic (exact) mass is 287 g/mol. The third kappa shape index (κ3) is 4.31. The number of anilines is 1. The quantitative estimate of drug-likeness (QED) is 0.896. The zero-order valence-corrected chi connectivity index (χ0v) is 13.6. The summed E-state index contributed by atoms with van der Waals surface area (Å²) in [6, 6.07) is 8.35. The highest BCUT2D eigenvalue weighted by molar-refractivity contribution is 5.54. The first-order valence-corrected chi connectivity index (χ1v) is 7.51. The van der Waals surface area contributed by atoms with Gasteiger partial charge in [0.2, 0.25) is 5.89 Å². The van der Waals surface area contributed by atoms with Crippen LogP contribution in [0.15, 0.2) is 28.8 Å². The van der Waals surface area contributed by atoms with Crippen molar-refractivity contribution in [2.45, 2.75) is 53.0 Å². The second kappa shape index (κ2) is 6.29. The summed E-state index contributed by atoms with van der Waals surface area (Å²) in [5.41, 5.74) is 2.50. The van der Waals surface area contributed by atoms with E-state index in [-0.39, 0.29) is 5.41 Å². The minimum absolute atomic E-state index is 0.0985. The molecule has 1 aromatic carbocycles. The maximum atomic E-state index is 5.29. The molecule has 0 atom stereocenters. The Labute approximate surface area is 127 Å². The number of nitrogens with one attached hydrogen (secondary N) is 1. The first-order chi connectivity index (χ1) is 9.86. The van der Waals surface area contributed by atoms with E-state index >= 15 is 0 Å². The lowest BCUT2D eigenvalue weighted by molar-refractivity contribution is 0.375. The first kappa shape index (κ1) is 15.5. The molecule has 0 unspecified atom stereocenters. The SMILES string of the molecule is CC(C)Cc1noc(CNc2ccccc2C(C)(C)C)n1. The van der Waals surface area contributed by atoms with Crippen LogP contribution in [0.1, 0.15) is 51.9 Å². The van der Waals surface area contributed by atoms with Crippen molar-refractivity contribution in [1.82, 2.24) is 10.1 Å². The molecule has 4 heteroatoms. The topological polar surface area (TPSA) is 51.0 Å². The number of hydrogen-bond acceptors (Lipinski definition) is 4.